The second-order valence-corrected chi connectivity index (χ2v) is 14.9. The largest absolute Gasteiger partial charge is 0.455 e. The van der Waals surface area contributed by atoms with Gasteiger partial charge in [-0.1, -0.05) is 176 Å². The van der Waals surface area contributed by atoms with Crippen LogP contribution in [-0.4, -0.2) is 0 Å². The smallest absolute Gasteiger partial charge is 0.143 e. The molecule has 0 radical (unpaired) electrons. The summed E-state index contributed by atoms with van der Waals surface area (Å²) in [6.07, 6.45) is 0. The van der Waals surface area contributed by atoms with Gasteiger partial charge < -0.3 is 9.32 Å². The Labute approximate surface area is 337 Å². The second kappa shape index (κ2) is 14.1. The van der Waals surface area contributed by atoms with Gasteiger partial charge in [-0.2, -0.15) is 0 Å². The van der Waals surface area contributed by atoms with Crippen LogP contribution in [0.25, 0.3) is 88.0 Å². The molecule has 11 rings (SSSR count). The van der Waals surface area contributed by atoms with Gasteiger partial charge >= 0.3 is 0 Å². The van der Waals surface area contributed by atoms with E-state index >= 15 is 0 Å². The number of rotatable bonds is 7. The number of nitrogens with zero attached hydrogens (tertiary/aromatic N) is 1. The Morgan fingerprint density at radius 2 is 0.759 bits per heavy atom. The number of benzene rings is 10. The molecule has 0 bridgehead atoms. The molecule has 272 valence electrons. The van der Waals surface area contributed by atoms with Crippen molar-refractivity contribution < 1.29 is 4.42 Å². The maximum Gasteiger partial charge on any atom is 0.143 e. The standard InChI is InChI=1S/C56H37NO/c1-3-12-38(13-4-1)40-22-24-44(25-23-40)53-37-54-51-35-34-47(36-55(51)58-56(54)52-20-10-9-19-50(52)53)57(45-30-26-41(27-31-45)39-14-5-2-6-15-39)46-32-28-43(29-33-46)49-21-11-17-42-16-7-8-18-48(42)49/h1-37H. The van der Waals surface area contributed by atoms with Crippen molar-refractivity contribution in [3.05, 3.63) is 224 Å². The Balaban J connectivity index is 1.03. The molecule has 0 unspecified atom stereocenters. The minimum atomic E-state index is 0.854. The van der Waals surface area contributed by atoms with Gasteiger partial charge in [0.25, 0.3) is 0 Å². The Morgan fingerprint density at radius 3 is 1.43 bits per heavy atom. The number of anilines is 3. The summed E-state index contributed by atoms with van der Waals surface area (Å²) >= 11 is 0. The van der Waals surface area contributed by atoms with Gasteiger partial charge in [0.2, 0.25) is 0 Å². The molecule has 0 saturated carbocycles. The van der Waals surface area contributed by atoms with E-state index in [-0.39, 0.29) is 0 Å². The van der Waals surface area contributed by atoms with Gasteiger partial charge in [-0.05, 0) is 103 Å². The Morgan fingerprint density at radius 1 is 0.276 bits per heavy atom. The fraction of sp³-hybridized carbons (Fsp3) is 0. The minimum absolute atomic E-state index is 0.854. The van der Waals surface area contributed by atoms with Crippen LogP contribution in [0.1, 0.15) is 0 Å². The summed E-state index contributed by atoms with van der Waals surface area (Å²) in [5, 5.41) is 6.98. The topological polar surface area (TPSA) is 16.4 Å². The fourth-order valence-corrected chi connectivity index (χ4v) is 8.59. The zero-order valence-electron chi connectivity index (χ0n) is 31.7. The van der Waals surface area contributed by atoms with E-state index in [0.717, 1.165) is 44.4 Å². The first-order valence-electron chi connectivity index (χ1n) is 19.8. The van der Waals surface area contributed by atoms with Crippen LogP contribution in [0.3, 0.4) is 0 Å². The van der Waals surface area contributed by atoms with Crippen LogP contribution in [0.15, 0.2) is 229 Å². The van der Waals surface area contributed by atoms with Crippen LogP contribution in [0, 0.1) is 0 Å². The predicted molar refractivity (Wildman–Crippen MR) is 245 cm³/mol. The highest BCUT2D eigenvalue weighted by molar-refractivity contribution is 6.19. The van der Waals surface area contributed by atoms with Crippen LogP contribution in [0.5, 0.6) is 0 Å². The van der Waals surface area contributed by atoms with Gasteiger partial charge in [0, 0.05) is 39.3 Å². The average molecular weight is 740 g/mol. The predicted octanol–water partition coefficient (Wildman–Crippen LogP) is 16.0. The van der Waals surface area contributed by atoms with Crippen molar-refractivity contribution in [3.63, 3.8) is 0 Å². The van der Waals surface area contributed by atoms with E-state index in [1.807, 2.05) is 0 Å². The van der Waals surface area contributed by atoms with Crippen molar-refractivity contribution in [2.45, 2.75) is 0 Å². The van der Waals surface area contributed by atoms with Crippen molar-refractivity contribution in [3.8, 4) is 44.5 Å². The lowest BCUT2D eigenvalue weighted by Gasteiger charge is -2.26. The molecule has 1 heterocycles. The molecule has 0 aliphatic rings. The molecule has 0 aliphatic heterocycles. The third-order valence-corrected chi connectivity index (χ3v) is 11.5. The normalized spacial score (nSPS) is 11.4. The molecule has 0 saturated heterocycles. The first-order chi connectivity index (χ1) is 28.7. The van der Waals surface area contributed by atoms with E-state index < -0.39 is 0 Å². The first-order valence-corrected chi connectivity index (χ1v) is 19.8. The van der Waals surface area contributed by atoms with Gasteiger partial charge in [-0.3, -0.25) is 0 Å². The summed E-state index contributed by atoms with van der Waals surface area (Å²) in [5.41, 5.74) is 14.5. The Bertz CT molecular complexity index is 3230. The molecule has 11 aromatic rings. The number of furan rings is 1. The van der Waals surface area contributed by atoms with Gasteiger partial charge in [0.15, 0.2) is 0 Å². The van der Waals surface area contributed by atoms with Crippen LogP contribution in [0.2, 0.25) is 0 Å². The minimum Gasteiger partial charge on any atom is -0.455 e. The number of hydrogen-bond donors (Lipinski definition) is 0. The van der Waals surface area contributed by atoms with Crippen molar-refractivity contribution in [1.29, 1.82) is 0 Å². The molecule has 2 heteroatoms. The lowest BCUT2D eigenvalue weighted by atomic mass is 9.94. The van der Waals surface area contributed by atoms with Gasteiger partial charge in [0.1, 0.15) is 11.2 Å². The van der Waals surface area contributed by atoms with E-state index in [0.29, 0.717) is 0 Å². The third kappa shape index (κ3) is 5.91. The molecule has 0 N–H and O–H groups in total. The van der Waals surface area contributed by atoms with E-state index in [2.05, 4.69) is 229 Å². The molecule has 0 aliphatic carbocycles. The van der Waals surface area contributed by atoms with E-state index in [9.17, 15) is 0 Å². The van der Waals surface area contributed by atoms with Crippen molar-refractivity contribution in [2.75, 3.05) is 4.90 Å². The number of fused-ring (bicyclic) bond motifs is 6. The van der Waals surface area contributed by atoms with Crippen LogP contribution >= 0.6 is 0 Å². The van der Waals surface area contributed by atoms with Crippen LogP contribution in [-0.2, 0) is 0 Å². The molecule has 0 atom stereocenters. The van der Waals surface area contributed by atoms with E-state index in [1.165, 1.54) is 60.7 Å². The van der Waals surface area contributed by atoms with E-state index in [1.54, 1.807) is 0 Å². The van der Waals surface area contributed by atoms with E-state index in [4.69, 9.17) is 4.42 Å². The summed E-state index contributed by atoms with van der Waals surface area (Å²) in [5.74, 6) is 0. The van der Waals surface area contributed by atoms with Crippen molar-refractivity contribution in [2.24, 2.45) is 0 Å². The monoisotopic (exact) mass is 739 g/mol. The highest BCUT2D eigenvalue weighted by Gasteiger charge is 2.19. The molecular weight excluding hydrogens is 703 g/mol. The van der Waals surface area contributed by atoms with Gasteiger partial charge in [0.05, 0.1) is 0 Å². The lowest BCUT2D eigenvalue weighted by molar-refractivity contribution is 0.673. The lowest BCUT2D eigenvalue weighted by Crippen LogP contribution is -2.09. The van der Waals surface area contributed by atoms with Gasteiger partial charge in [-0.25, -0.2) is 0 Å². The van der Waals surface area contributed by atoms with Crippen molar-refractivity contribution >= 4 is 60.5 Å². The fourth-order valence-electron chi connectivity index (χ4n) is 8.59. The molecule has 1 aromatic heterocycles. The summed E-state index contributed by atoms with van der Waals surface area (Å²) in [4.78, 5) is 2.33. The maximum atomic E-state index is 6.86. The SMILES string of the molecule is c1ccc(-c2ccc(-c3cc4c5ccc(N(c6ccc(-c7ccccc7)cc6)c6ccc(-c7cccc8ccccc78)cc6)cc5oc4c4ccccc34)cc2)cc1. The third-order valence-electron chi connectivity index (χ3n) is 11.5. The molecule has 10 aromatic carbocycles. The molecule has 58 heavy (non-hydrogen) atoms. The second-order valence-electron chi connectivity index (χ2n) is 14.9. The van der Waals surface area contributed by atoms with Gasteiger partial charge in [-0.15, -0.1) is 0 Å². The summed E-state index contributed by atoms with van der Waals surface area (Å²) in [6.45, 7) is 0. The molecule has 2 nitrogen and oxygen atoms in total. The molecule has 0 spiro atoms. The van der Waals surface area contributed by atoms with Crippen molar-refractivity contribution in [1.82, 2.24) is 0 Å². The highest BCUT2D eigenvalue weighted by atomic mass is 16.3. The number of hydrogen-bond acceptors (Lipinski definition) is 2. The molecule has 0 amide bonds. The van der Waals surface area contributed by atoms with Crippen LogP contribution in [0.4, 0.5) is 17.1 Å². The zero-order chi connectivity index (χ0) is 38.4. The molecule has 0 fully saturated rings. The summed E-state index contributed by atoms with van der Waals surface area (Å²) in [6, 6.07) is 80.5. The maximum absolute atomic E-state index is 6.86. The Hall–Kier alpha value is -7.68. The Kier molecular flexibility index (Phi) is 8.19. The highest BCUT2D eigenvalue weighted by Crippen LogP contribution is 2.43. The quantitative estimate of drug-likeness (QED) is 0.162. The zero-order valence-corrected chi connectivity index (χ0v) is 31.7. The average Bonchev–Trinajstić information content (AvgIpc) is 3.68. The molecular formula is C56H37NO. The summed E-state index contributed by atoms with van der Waals surface area (Å²) < 4.78 is 6.86. The first kappa shape index (κ1) is 33.6. The summed E-state index contributed by atoms with van der Waals surface area (Å²) in [7, 11) is 0. The van der Waals surface area contributed by atoms with Crippen LogP contribution < -0.4 is 4.90 Å².